The van der Waals surface area contributed by atoms with Gasteiger partial charge in [-0.05, 0) is 36.2 Å². The Balaban J connectivity index is 2.14. The first kappa shape index (κ1) is 13.7. The summed E-state index contributed by atoms with van der Waals surface area (Å²) < 4.78 is 4.26. The molecule has 0 N–H and O–H groups in total. The molecular formula is C12H8Cl2N2S2. The second-order valence-corrected chi connectivity index (χ2v) is 6.34. The van der Waals surface area contributed by atoms with E-state index in [4.69, 9.17) is 28.5 Å². The van der Waals surface area contributed by atoms with Gasteiger partial charge in [0.25, 0.3) is 0 Å². The molecule has 0 saturated carbocycles. The maximum Gasteiger partial charge on any atom is 0.128 e. The fourth-order valence-electron chi connectivity index (χ4n) is 1.36. The molecule has 0 radical (unpaired) electrons. The average Bonchev–Trinajstić information content (AvgIpc) is 2.69. The number of hydrogen-bond acceptors (Lipinski definition) is 4. The number of hydrogen-bond donors (Lipinski definition) is 0. The molecule has 0 amide bonds. The van der Waals surface area contributed by atoms with Crippen LogP contribution in [0, 0.1) is 18.3 Å². The minimum atomic E-state index is 0.621. The van der Waals surface area contributed by atoms with E-state index in [1.165, 1.54) is 23.3 Å². The summed E-state index contributed by atoms with van der Waals surface area (Å²) >= 11 is 14.8. The monoisotopic (exact) mass is 314 g/mol. The molecule has 92 valence electrons. The van der Waals surface area contributed by atoms with Crippen LogP contribution in [0.15, 0.2) is 23.2 Å². The first-order valence-electron chi connectivity index (χ1n) is 5.05. The van der Waals surface area contributed by atoms with Gasteiger partial charge in [0, 0.05) is 20.7 Å². The maximum atomic E-state index is 9.04. The van der Waals surface area contributed by atoms with Gasteiger partial charge in [-0.1, -0.05) is 41.0 Å². The summed E-state index contributed by atoms with van der Waals surface area (Å²) in [6, 6.07) is 7.59. The molecule has 0 aliphatic carbocycles. The normalized spacial score (nSPS) is 10.3. The molecule has 2 nitrogen and oxygen atoms in total. The van der Waals surface area contributed by atoms with E-state index in [0.29, 0.717) is 21.4 Å². The third-order valence-electron chi connectivity index (χ3n) is 2.32. The Labute approximate surface area is 124 Å². The summed E-state index contributed by atoms with van der Waals surface area (Å²) in [5.74, 6) is 0.674. The number of aromatic nitrogens is 1. The van der Waals surface area contributed by atoms with Crippen molar-refractivity contribution in [2.75, 3.05) is 0 Å². The molecular weight excluding hydrogens is 307 g/mol. The highest BCUT2D eigenvalue weighted by molar-refractivity contribution is 7.98. The molecule has 2 aromatic rings. The molecule has 0 fully saturated rings. The number of aryl methyl sites for hydroxylation is 1. The third kappa shape index (κ3) is 2.99. The summed E-state index contributed by atoms with van der Waals surface area (Å²) in [7, 11) is 0. The van der Waals surface area contributed by atoms with Crippen molar-refractivity contribution in [3.05, 3.63) is 44.2 Å². The lowest BCUT2D eigenvalue weighted by molar-refractivity contribution is 1.23. The van der Waals surface area contributed by atoms with Gasteiger partial charge in [-0.2, -0.15) is 9.64 Å². The molecule has 0 unspecified atom stereocenters. The Hall–Kier alpha value is -0.730. The number of thioether (sulfide) groups is 1. The smallest absolute Gasteiger partial charge is 0.128 e. The molecule has 0 spiro atoms. The van der Waals surface area contributed by atoms with Crippen molar-refractivity contribution in [1.82, 2.24) is 4.37 Å². The number of nitrogens with zero attached hydrogens (tertiary/aromatic N) is 2. The van der Waals surface area contributed by atoms with Crippen molar-refractivity contribution < 1.29 is 0 Å². The van der Waals surface area contributed by atoms with E-state index in [-0.39, 0.29) is 0 Å². The van der Waals surface area contributed by atoms with Crippen LogP contribution in [0.3, 0.4) is 0 Å². The van der Waals surface area contributed by atoms with Gasteiger partial charge in [0.05, 0.1) is 5.56 Å². The van der Waals surface area contributed by atoms with Crippen LogP contribution in [-0.2, 0) is 5.75 Å². The van der Waals surface area contributed by atoms with Gasteiger partial charge < -0.3 is 0 Å². The van der Waals surface area contributed by atoms with E-state index in [9.17, 15) is 0 Å². The van der Waals surface area contributed by atoms with Gasteiger partial charge >= 0.3 is 0 Å². The van der Waals surface area contributed by atoms with Crippen molar-refractivity contribution in [1.29, 1.82) is 5.26 Å². The second kappa shape index (κ2) is 5.94. The Morgan fingerprint density at radius 2 is 2.22 bits per heavy atom. The third-order valence-corrected chi connectivity index (χ3v) is 4.80. The highest BCUT2D eigenvalue weighted by atomic mass is 35.5. The number of halogens is 2. The van der Waals surface area contributed by atoms with Crippen LogP contribution in [0.1, 0.15) is 16.0 Å². The predicted molar refractivity (Wildman–Crippen MR) is 77.6 cm³/mol. The largest absolute Gasteiger partial charge is 0.192 e. The molecule has 0 saturated heterocycles. The quantitative estimate of drug-likeness (QED) is 0.754. The molecule has 0 aliphatic heterocycles. The Morgan fingerprint density at radius 1 is 1.44 bits per heavy atom. The molecule has 0 aliphatic rings. The number of nitriles is 1. The highest BCUT2D eigenvalue weighted by Gasteiger charge is 2.11. The van der Waals surface area contributed by atoms with E-state index < -0.39 is 0 Å². The van der Waals surface area contributed by atoms with Gasteiger partial charge in [-0.25, -0.2) is 0 Å². The zero-order valence-corrected chi connectivity index (χ0v) is 12.6. The van der Waals surface area contributed by atoms with E-state index >= 15 is 0 Å². The van der Waals surface area contributed by atoms with Crippen LogP contribution in [-0.4, -0.2) is 4.37 Å². The van der Waals surface area contributed by atoms with Crippen molar-refractivity contribution in [3.8, 4) is 6.07 Å². The van der Waals surface area contributed by atoms with Crippen LogP contribution in [0.2, 0.25) is 10.0 Å². The lowest BCUT2D eigenvalue weighted by Gasteiger charge is -2.03. The van der Waals surface area contributed by atoms with Gasteiger partial charge in [-0.3, -0.25) is 0 Å². The van der Waals surface area contributed by atoms with Crippen LogP contribution in [0.4, 0.5) is 0 Å². The fourth-order valence-corrected chi connectivity index (χ4v) is 3.74. The molecule has 2 rings (SSSR count). The first-order chi connectivity index (χ1) is 8.61. The maximum absolute atomic E-state index is 9.04. The lowest BCUT2D eigenvalue weighted by atomic mass is 10.2. The van der Waals surface area contributed by atoms with Crippen molar-refractivity contribution in [3.63, 3.8) is 0 Å². The Bertz CT molecular complexity index is 617. The molecule has 1 heterocycles. The predicted octanol–water partition coefficient (Wildman–Crippen LogP) is 4.92. The standard InChI is InChI=1S/C12H8Cl2N2S2/c1-7-10(5-15)12(16-18-7)17-6-8-2-3-9(13)4-11(8)14/h2-4H,6H2,1H3. The summed E-state index contributed by atoms with van der Waals surface area (Å²) in [6.45, 7) is 1.90. The second-order valence-electron chi connectivity index (χ2n) is 3.56. The molecule has 1 aromatic carbocycles. The van der Waals surface area contributed by atoms with E-state index in [1.807, 2.05) is 13.0 Å². The topological polar surface area (TPSA) is 36.7 Å². The van der Waals surface area contributed by atoms with E-state index in [0.717, 1.165) is 15.5 Å². The van der Waals surface area contributed by atoms with Crippen molar-refractivity contribution >= 4 is 46.5 Å². The van der Waals surface area contributed by atoms with Crippen molar-refractivity contribution in [2.45, 2.75) is 17.7 Å². The van der Waals surface area contributed by atoms with Crippen LogP contribution < -0.4 is 0 Å². The van der Waals surface area contributed by atoms with Crippen molar-refractivity contribution in [2.24, 2.45) is 0 Å². The highest BCUT2D eigenvalue weighted by Crippen LogP contribution is 2.31. The van der Waals surface area contributed by atoms with Crippen LogP contribution >= 0.6 is 46.5 Å². The minimum Gasteiger partial charge on any atom is -0.192 e. The summed E-state index contributed by atoms with van der Waals surface area (Å²) in [5.41, 5.74) is 1.65. The van der Waals surface area contributed by atoms with Crippen LogP contribution in [0.25, 0.3) is 0 Å². The molecule has 0 atom stereocenters. The molecule has 1 aromatic heterocycles. The minimum absolute atomic E-state index is 0.621. The van der Waals surface area contributed by atoms with E-state index in [2.05, 4.69) is 10.4 Å². The summed E-state index contributed by atoms with van der Waals surface area (Å²) in [6.07, 6.45) is 0. The van der Waals surface area contributed by atoms with Gasteiger partial charge in [0.1, 0.15) is 11.1 Å². The lowest BCUT2D eigenvalue weighted by Crippen LogP contribution is -1.84. The van der Waals surface area contributed by atoms with Gasteiger partial charge in [0.15, 0.2) is 0 Å². The van der Waals surface area contributed by atoms with E-state index in [1.54, 1.807) is 12.1 Å². The van der Waals surface area contributed by atoms with Crippen LogP contribution in [0.5, 0.6) is 0 Å². The average molecular weight is 315 g/mol. The SMILES string of the molecule is Cc1snc(SCc2ccc(Cl)cc2Cl)c1C#N. The molecule has 6 heteroatoms. The Kier molecular flexibility index (Phi) is 4.52. The number of rotatable bonds is 3. The molecule has 18 heavy (non-hydrogen) atoms. The van der Waals surface area contributed by atoms with Gasteiger partial charge in [-0.15, -0.1) is 0 Å². The number of benzene rings is 1. The summed E-state index contributed by atoms with van der Waals surface area (Å²) in [5, 5.41) is 11.1. The molecule has 0 bridgehead atoms. The first-order valence-corrected chi connectivity index (χ1v) is 7.56. The Morgan fingerprint density at radius 3 is 2.89 bits per heavy atom. The van der Waals surface area contributed by atoms with Gasteiger partial charge in [0.2, 0.25) is 0 Å². The summed E-state index contributed by atoms with van der Waals surface area (Å²) in [4.78, 5) is 0.946. The zero-order valence-electron chi connectivity index (χ0n) is 9.41. The zero-order chi connectivity index (χ0) is 13.1. The fraction of sp³-hybridized carbons (Fsp3) is 0.167.